The zero-order valence-electron chi connectivity index (χ0n) is 21.1. The molecule has 0 aliphatic heterocycles. The Bertz CT molecular complexity index is 1220. The molecule has 5 nitrogen and oxygen atoms in total. The summed E-state index contributed by atoms with van der Waals surface area (Å²) in [4.78, 5) is 13.6. The van der Waals surface area contributed by atoms with Gasteiger partial charge in [0.25, 0.3) is 0 Å². The molecule has 0 fully saturated rings. The number of pyridine rings is 2. The summed E-state index contributed by atoms with van der Waals surface area (Å²) < 4.78 is 0. The molecule has 5 heteroatoms. The zero-order chi connectivity index (χ0) is 25.0. The Morgan fingerprint density at radius 2 is 1.92 bits per heavy atom. The Morgan fingerprint density at radius 1 is 1.06 bits per heavy atom. The third-order valence-corrected chi connectivity index (χ3v) is 6.31. The first-order chi connectivity index (χ1) is 17.7. The number of aromatic nitrogens is 2. The minimum Gasteiger partial charge on any atom is -0.388 e. The number of allylic oxidation sites excluding steroid dienone is 4. The van der Waals surface area contributed by atoms with E-state index in [0.29, 0.717) is 6.54 Å². The van der Waals surface area contributed by atoms with Gasteiger partial charge >= 0.3 is 0 Å². The Labute approximate surface area is 214 Å². The van der Waals surface area contributed by atoms with Gasteiger partial charge in [0.1, 0.15) is 0 Å². The molecular formula is C31H35N5. The van der Waals surface area contributed by atoms with Crippen molar-refractivity contribution in [1.82, 2.24) is 20.6 Å². The summed E-state index contributed by atoms with van der Waals surface area (Å²) in [6.45, 7) is 5.48. The molecule has 0 saturated carbocycles. The molecule has 1 aliphatic carbocycles. The molecule has 0 saturated heterocycles. The van der Waals surface area contributed by atoms with E-state index in [1.165, 1.54) is 23.1 Å². The second-order valence-corrected chi connectivity index (χ2v) is 8.98. The monoisotopic (exact) mass is 477 g/mol. The third kappa shape index (κ3) is 7.33. The minimum atomic E-state index is 0.611. The van der Waals surface area contributed by atoms with Gasteiger partial charge in [-0.3, -0.25) is 15.0 Å². The summed E-state index contributed by atoms with van der Waals surface area (Å²) in [6, 6.07) is 15.0. The van der Waals surface area contributed by atoms with Crippen LogP contribution in [0.15, 0.2) is 96.4 Å². The van der Waals surface area contributed by atoms with Crippen LogP contribution >= 0.6 is 0 Å². The largest absolute Gasteiger partial charge is 0.388 e. The van der Waals surface area contributed by atoms with E-state index in [0.717, 1.165) is 60.4 Å². The predicted octanol–water partition coefficient (Wildman–Crippen LogP) is 6.11. The van der Waals surface area contributed by atoms with E-state index in [1.807, 2.05) is 37.8 Å². The number of nitrogens with one attached hydrogen (secondary N) is 2. The molecule has 36 heavy (non-hydrogen) atoms. The molecule has 2 N–H and O–H groups in total. The van der Waals surface area contributed by atoms with Gasteiger partial charge in [-0.2, -0.15) is 0 Å². The van der Waals surface area contributed by atoms with Gasteiger partial charge in [0.2, 0.25) is 0 Å². The van der Waals surface area contributed by atoms with Crippen LogP contribution in [0, 0.1) is 0 Å². The molecule has 184 valence electrons. The number of rotatable bonds is 12. The lowest BCUT2D eigenvalue weighted by molar-refractivity contribution is 0.678. The van der Waals surface area contributed by atoms with Crippen molar-refractivity contribution < 1.29 is 0 Å². The van der Waals surface area contributed by atoms with Gasteiger partial charge in [0.05, 0.1) is 11.4 Å². The molecule has 2 aromatic heterocycles. The minimum absolute atomic E-state index is 0.611. The quantitative estimate of drug-likeness (QED) is 0.309. The summed E-state index contributed by atoms with van der Waals surface area (Å²) in [7, 11) is 1.88. The smallest absolute Gasteiger partial charge is 0.0947 e. The van der Waals surface area contributed by atoms with Crippen LogP contribution in [-0.4, -0.2) is 23.2 Å². The van der Waals surface area contributed by atoms with Gasteiger partial charge in [-0.05, 0) is 60.9 Å². The molecule has 0 atom stereocenters. The summed E-state index contributed by atoms with van der Waals surface area (Å²) in [5, 5.41) is 6.61. The molecule has 0 bridgehead atoms. The topological polar surface area (TPSA) is 62.2 Å². The fraction of sp³-hybridized carbons (Fsp3) is 0.258. The molecule has 4 rings (SSSR count). The van der Waals surface area contributed by atoms with Crippen LogP contribution in [0.5, 0.6) is 0 Å². The molecule has 0 radical (unpaired) electrons. The van der Waals surface area contributed by atoms with Crippen molar-refractivity contribution in [2.75, 3.05) is 7.05 Å². The maximum absolute atomic E-state index is 4.86. The molecule has 2 heterocycles. The first kappa shape index (κ1) is 25.3. The average Bonchev–Trinajstić information content (AvgIpc) is 2.93. The van der Waals surface area contributed by atoms with Crippen molar-refractivity contribution in [1.29, 1.82) is 0 Å². The summed E-state index contributed by atoms with van der Waals surface area (Å²) in [5.74, 6) is 0. The SMILES string of the molecule is C=C(NC)c1ccnc(CNCc2cccnc2)c1N=CCCc1ccc(CC2=CC=CCC2)cc1. The number of hydrogen-bond acceptors (Lipinski definition) is 5. The summed E-state index contributed by atoms with van der Waals surface area (Å²) in [5.41, 5.74) is 8.92. The van der Waals surface area contributed by atoms with Gasteiger partial charge in [-0.15, -0.1) is 0 Å². The standard InChI is InChI=1S/C31H35N5/c1-24(32-2)29-16-19-35-30(23-34-22-28-11-6-17-33-21-28)31(29)36-18-7-10-25-12-14-27(15-13-25)20-26-8-4-3-5-9-26/h3-4,6,8,11-19,21,32,34H,1,5,7,9-10,20,22-23H2,2H3. The molecule has 1 aromatic carbocycles. The lowest BCUT2D eigenvalue weighted by Crippen LogP contribution is -2.15. The van der Waals surface area contributed by atoms with E-state index in [9.17, 15) is 0 Å². The van der Waals surface area contributed by atoms with Crippen molar-refractivity contribution in [3.05, 3.63) is 119 Å². The van der Waals surface area contributed by atoms with Gasteiger partial charge in [-0.25, -0.2) is 0 Å². The molecule has 1 aliphatic rings. The Morgan fingerprint density at radius 3 is 2.67 bits per heavy atom. The lowest BCUT2D eigenvalue weighted by Gasteiger charge is -2.13. The first-order valence-electron chi connectivity index (χ1n) is 12.6. The lowest BCUT2D eigenvalue weighted by atomic mass is 9.97. The van der Waals surface area contributed by atoms with Crippen molar-refractivity contribution in [2.24, 2.45) is 4.99 Å². The van der Waals surface area contributed by atoms with Crippen LogP contribution in [0.4, 0.5) is 5.69 Å². The van der Waals surface area contributed by atoms with Crippen molar-refractivity contribution >= 4 is 17.6 Å². The third-order valence-electron chi connectivity index (χ3n) is 6.31. The first-order valence-corrected chi connectivity index (χ1v) is 12.6. The number of nitrogens with zero attached hydrogens (tertiary/aromatic N) is 3. The number of aryl methyl sites for hydroxylation is 1. The maximum Gasteiger partial charge on any atom is 0.0947 e. The van der Waals surface area contributed by atoms with Crippen molar-refractivity contribution in [3.63, 3.8) is 0 Å². The highest BCUT2D eigenvalue weighted by atomic mass is 14.9. The highest BCUT2D eigenvalue weighted by Gasteiger charge is 2.11. The highest BCUT2D eigenvalue weighted by Crippen LogP contribution is 2.27. The van der Waals surface area contributed by atoms with Crippen LogP contribution in [0.2, 0.25) is 0 Å². The normalized spacial score (nSPS) is 13.1. The molecular weight excluding hydrogens is 442 g/mol. The molecule has 0 amide bonds. The highest BCUT2D eigenvalue weighted by molar-refractivity contribution is 5.76. The molecule has 0 unspecified atom stereocenters. The fourth-order valence-electron chi connectivity index (χ4n) is 4.25. The predicted molar refractivity (Wildman–Crippen MR) is 150 cm³/mol. The van der Waals surface area contributed by atoms with E-state index in [2.05, 4.69) is 75.7 Å². The van der Waals surface area contributed by atoms with Crippen LogP contribution < -0.4 is 10.6 Å². The summed E-state index contributed by atoms with van der Waals surface area (Å²) in [6.07, 6.45) is 19.3. The Balaban J connectivity index is 1.37. The maximum atomic E-state index is 4.86. The van der Waals surface area contributed by atoms with Gasteiger partial charge < -0.3 is 10.6 Å². The van der Waals surface area contributed by atoms with E-state index in [4.69, 9.17) is 4.99 Å². The fourth-order valence-corrected chi connectivity index (χ4v) is 4.25. The van der Waals surface area contributed by atoms with E-state index >= 15 is 0 Å². The van der Waals surface area contributed by atoms with Crippen LogP contribution in [0.25, 0.3) is 5.70 Å². The molecule has 0 spiro atoms. The van der Waals surface area contributed by atoms with Crippen molar-refractivity contribution in [2.45, 2.75) is 45.2 Å². The van der Waals surface area contributed by atoms with E-state index in [1.54, 1.807) is 6.20 Å². The second-order valence-electron chi connectivity index (χ2n) is 8.98. The van der Waals surface area contributed by atoms with Crippen LogP contribution in [-0.2, 0) is 25.9 Å². The Hall–Kier alpha value is -3.83. The zero-order valence-corrected chi connectivity index (χ0v) is 21.1. The summed E-state index contributed by atoms with van der Waals surface area (Å²) >= 11 is 0. The number of benzene rings is 1. The van der Waals surface area contributed by atoms with Gasteiger partial charge in [-0.1, -0.05) is 60.7 Å². The van der Waals surface area contributed by atoms with Gasteiger partial charge in [0.15, 0.2) is 0 Å². The average molecular weight is 478 g/mol. The van der Waals surface area contributed by atoms with E-state index < -0.39 is 0 Å². The number of hydrogen-bond donors (Lipinski definition) is 2. The van der Waals surface area contributed by atoms with E-state index in [-0.39, 0.29) is 0 Å². The second kappa shape index (κ2) is 13.3. The van der Waals surface area contributed by atoms with Crippen LogP contribution in [0.1, 0.15) is 47.2 Å². The number of aliphatic imine (C=N–C) groups is 1. The Kier molecular flexibility index (Phi) is 9.34. The molecule has 3 aromatic rings. The van der Waals surface area contributed by atoms with Crippen LogP contribution in [0.3, 0.4) is 0 Å². The van der Waals surface area contributed by atoms with Crippen molar-refractivity contribution in [3.8, 4) is 0 Å². The van der Waals surface area contributed by atoms with Gasteiger partial charge in [0, 0.05) is 56.2 Å².